The van der Waals surface area contributed by atoms with Gasteiger partial charge in [0.1, 0.15) is 11.6 Å². The molecule has 0 aliphatic carbocycles. The second-order valence-corrected chi connectivity index (χ2v) is 7.67. The van der Waals surface area contributed by atoms with Crippen molar-refractivity contribution in [3.05, 3.63) is 53.0 Å². The first kappa shape index (κ1) is 18.9. The first-order valence-corrected chi connectivity index (χ1v) is 10.3. The van der Waals surface area contributed by atoms with E-state index in [1.165, 1.54) is 0 Å². The minimum absolute atomic E-state index is 0.180. The van der Waals surface area contributed by atoms with Crippen LogP contribution in [-0.4, -0.2) is 64.9 Å². The Bertz CT molecular complexity index is 830. The van der Waals surface area contributed by atoms with Gasteiger partial charge in [0, 0.05) is 44.7 Å². The van der Waals surface area contributed by atoms with Gasteiger partial charge in [-0.25, -0.2) is 9.97 Å². The van der Waals surface area contributed by atoms with Gasteiger partial charge in [0.15, 0.2) is 0 Å². The summed E-state index contributed by atoms with van der Waals surface area (Å²) >= 11 is 0. The molecule has 4 rings (SSSR count). The molecule has 2 aliphatic heterocycles. The molecule has 0 bridgehead atoms. The molecule has 0 unspecified atom stereocenters. The number of carbonyl (C=O) groups is 1. The summed E-state index contributed by atoms with van der Waals surface area (Å²) in [6.07, 6.45) is 1.26. The predicted molar refractivity (Wildman–Crippen MR) is 110 cm³/mol. The third-order valence-electron chi connectivity index (χ3n) is 5.82. The van der Waals surface area contributed by atoms with Crippen molar-refractivity contribution in [2.45, 2.75) is 33.2 Å². The third-order valence-corrected chi connectivity index (χ3v) is 5.82. The lowest BCUT2D eigenvalue weighted by Gasteiger charge is -2.37. The second-order valence-electron chi connectivity index (χ2n) is 7.67. The molecule has 2 aliphatic rings. The fourth-order valence-corrected chi connectivity index (χ4v) is 4.15. The Labute approximate surface area is 167 Å². The largest absolute Gasteiger partial charge is 0.354 e. The normalized spacial score (nSPS) is 17.5. The average molecular weight is 380 g/mol. The van der Waals surface area contributed by atoms with Gasteiger partial charge in [0.2, 0.25) is 5.91 Å². The fraction of sp³-hybridized carbons (Fsp3) is 0.500. The Morgan fingerprint density at radius 3 is 2.50 bits per heavy atom. The third kappa shape index (κ3) is 4.02. The molecule has 3 heterocycles. The SMILES string of the molecule is CCN1CCN(c2nc(C)nc3c2CN(C(=O)Cc2ccccc2)CC3)CC1. The zero-order chi connectivity index (χ0) is 19.5. The van der Waals surface area contributed by atoms with E-state index in [9.17, 15) is 4.79 Å². The average Bonchev–Trinajstić information content (AvgIpc) is 2.73. The first-order chi connectivity index (χ1) is 13.6. The number of piperazine rings is 1. The molecule has 2 aromatic rings. The van der Waals surface area contributed by atoms with Gasteiger partial charge < -0.3 is 14.7 Å². The topological polar surface area (TPSA) is 52.6 Å². The standard InChI is InChI=1S/C22H29N5O/c1-3-25-11-13-26(14-12-25)22-19-16-27(10-9-20(19)23-17(2)24-22)21(28)15-18-7-5-4-6-8-18/h4-8H,3,9-16H2,1-2H3. The van der Waals surface area contributed by atoms with Crippen LogP contribution in [0.15, 0.2) is 30.3 Å². The Hall–Kier alpha value is -2.47. The van der Waals surface area contributed by atoms with E-state index in [4.69, 9.17) is 9.97 Å². The van der Waals surface area contributed by atoms with Crippen LogP contribution in [0.1, 0.15) is 29.6 Å². The number of aromatic nitrogens is 2. The van der Waals surface area contributed by atoms with Crippen molar-refractivity contribution in [3.63, 3.8) is 0 Å². The van der Waals surface area contributed by atoms with Crippen LogP contribution in [0.3, 0.4) is 0 Å². The summed E-state index contributed by atoms with van der Waals surface area (Å²) in [5.41, 5.74) is 3.32. The molecule has 6 nitrogen and oxygen atoms in total. The summed E-state index contributed by atoms with van der Waals surface area (Å²) in [5.74, 6) is 2.05. The molecule has 1 aromatic carbocycles. The molecule has 0 atom stereocenters. The van der Waals surface area contributed by atoms with E-state index in [2.05, 4.69) is 16.7 Å². The van der Waals surface area contributed by atoms with Crippen LogP contribution in [-0.2, 0) is 24.2 Å². The highest BCUT2D eigenvalue weighted by molar-refractivity contribution is 5.79. The van der Waals surface area contributed by atoms with Crippen LogP contribution < -0.4 is 4.90 Å². The van der Waals surface area contributed by atoms with Gasteiger partial charge in [-0.15, -0.1) is 0 Å². The minimum atomic E-state index is 0.180. The number of hydrogen-bond acceptors (Lipinski definition) is 5. The summed E-state index contributed by atoms with van der Waals surface area (Å²) in [4.78, 5) is 29.2. The van der Waals surface area contributed by atoms with Gasteiger partial charge in [-0.05, 0) is 19.0 Å². The number of likely N-dealkylation sites (N-methyl/N-ethyl adjacent to an activating group) is 1. The number of hydrogen-bond donors (Lipinski definition) is 0. The van der Waals surface area contributed by atoms with E-state index in [1.54, 1.807) is 0 Å². The van der Waals surface area contributed by atoms with Gasteiger partial charge in [-0.1, -0.05) is 37.3 Å². The molecule has 148 valence electrons. The molecular formula is C22H29N5O. The van der Waals surface area contributed by atoms with E-state index in [-0.39, 0.29) is 5.91 Å². The molecule has 28 heavy (non-hydrogen) atoms. The Morgan fingerprint density at radius 1 is 1.04 bits per heavy atom. The summed E-state index contributed by atoms with van der Waals surface area (Å²) in [6.45, 7) is 10.7. The van der Waals surface area contributed by atoms with Gasteiger partial charge in [0.25, 0.3) is 0 Å². The molecule has 1 fully saturated rings. The zero-order valence-corrected chi connectivity index (χ0v) is 16.9. The van der Waals surface area contributed by atoms with Crippen molar-refractivity contribution in [3.8, 4) is 0 Å². The minimum Gasteiger partial charge on any atom is -0.354 e. The van der Waals surface area contributed by atoms with Gasteiger partial charge in [-0.2, -0.15) is 0 Å². The monoisotopic (exact) mass is 379 g/mol. The molecule has 0 spiro atoms. The van der Waals surface area contributed by atoms with Crippen LogP contribution in [0, 0.1) is 6.92 Å². The van der Waals surface area contributed by atoms with Crippen LogP contribution in [0.4, 0.5) is 5.82 Å². The fourth-order valence-electron chi connectivity index (χ4n) is 4.15. The quantitative estimate of drug-likeness (QED) is 0.814. The maximum atomic E-state index is 12.9. The zero-order valence-electron chi connectivity index (χ0n) is 16.9. The number of carbonyl (C=O) groups excluding carboxylic acids is 1. The molecule has 0 N–H and O–H groups in total. The lowest BCUT2D eigenvalue weighted by molar-refractivity contribution is -0.131. The maximum absolute atomic E-state index is 12.9. The molecule has 0 radical (unpaired) electrons. The molecule has 1 aromatic heterocycles. The lowest BCUT2D eigenvalue weighted by Crippen LogP contribution is -2.47. The number of nitrogens with zero attached hydrogens (tertiary/aromatic N) is 5. The highest BCUT2D eigenvalue weighted by Crippen LogP contribution is 2.28. The summed E-state index contributed by atoms with van der Waals surface area (Å²) in [5, 5.41) is 0. The highest BCUT2D eigenvalue weighted by Gasteiger charge is 2.28. The van der Waals surface area contributed by atoms with Crippen molar-refractivity contribution in [1.82, 2.24) is 19.8 Å². The molecule has 0 saturated carbocycles. The van der Waals surface area contributed by atoms with Crippen LogP contribution in [0.2, 0.25) is 0 Å². The van der Waals surface area contributed by atoms with Gasteiger partial charge >= 0.3 is 0 Å². The second kappa shape index (κ2) is 8.27. The molecular weight excluding hydrogens is 350 g/mol. The molecule has 1 saturated heterocycles. The summed E-state index contributed by atoms with van der Waals surface area (Å²) in [6, 6.07) is 9.98. The highest BCUT2D eigenvalue weighted by atomic mass is 16.2. The number of anilines is 1. The number of aryl methyl sites for hydroxylation is 1. The van der Waals surface area contributed by atoms with Crippen molar-refractivity contribution < 1.29 is 4.79 Å². The van der Waals surface area contributed by atoms with Gasteiger partial charge in [0.05, 0.1) is 18.7 Å². The lowest BCUT2D eigenvalue weighted by atomic mass is 10.0. The summed E-state index contributed by atoms with van der Waals surface area (Å²) in [7, 11) is 0. The number of fused-ring (bicyclic) bond motifs is 1. The number of rotatable bonds is 4. The Balaban J connectivity index is 1.53. The van der Waals surface area contributed by atoms with Crippen molar-refractivity contribution in [1.29, 1.82) is 0 Å². The van der Waals surface area contributed by atoms with E-state index >= 15 is 0 Å². The Kier molecular flexibility index (Phi) is 5.57. The van der Waals surface area contributed by atoms with E-state index in [0.29, 0.717) is 13.0 Å². The Morgan fingerprint density at radius 2 is 1.79 bits per heavy atom. The molecule has 6 heteroatoms. The number of benzene rings is 1. The van der Waals surface area contributed by atoms with E-state index in [0.717, 1.165) is 74.2 Å². The predicted octanol–water partition coefficient (Wildman–Crippen LogP) is 2.05. The smallest absolute Gasteiger partial charge is 0.227 e. The van der Waals surface area contributed by atoms with Crippen LogP contribution in [0.5, 0.6) is 0 Å². The first-order valence-electron chi connectivity index (χ1n) is 10.3. The maximum Gasteiger partial charge on any atom is 0.227 e. The van der Waals surface area contributed by atoms with E-state index in [1.807, 2.05) is 42.2 Å². The van der Waals surface area contributed by atoms with E-state index < -0.39 is 0 Å². The van der Waals surface area contributed by atoms with Crippen molar-refractivity contribution >= 4 is 11.7 Å². The van der Waals surface area contributed by atoms with Crippen LogP contribution in [0.25, 0.3) is 0 Å². The number of amides is 1. The van der Waals surface area contributed by atoms with Crippen molar-refractivity contribution in [2.75, 3.05) is 44.2 Å². The summed E-state index contributed by atoms with van der Waals surface area (Å²) < 4.78 is 0. The van der Waals surface area contributed by atoms with Crippen molar-refractivity contribution in [2.24, 2.45) is 0 Å². The van der Waals surface area contributed by atoms with Crippen LogP contribution >= 0.6 is 0 Å². The van der Waals surface area contributed by atoms with Gasteiger partial charge in [-0.3, -0.25) is 4.79 Å². The molecule has 1 amide bonds.